The van der Waals surface area contributed by atoms with Gasteiger partial charge < -0.3 is 4.74 Å². The van der Waals surface area contributed by atoms with Crippen LogP contribution in [0.5, 0.6) is 0 Å². The lowest BCUT2D eigenvalue weighted by molar-refractivity contribution is -0.0199. The van der Waals surface area contributed by atoms with Gasteiger partial charge in [-0.15, -0.1) is 0 Å². The SMILES string of the molecule is CC1CC(C)CC(OC2C=CS(=O)(=O)C2)C1. The lowest BCUT2D eigenvalue weighted by Gasteiger charge is -2.32. The largest absolute Gasteiger partial charge is 0.370 e. The van der Waals surface area contributed by atoms with E-state index in [0.717, 1.165) is 12.8 Å². The van der Waals surface area contributed by atoms with Crippen molar-refractivity contribution < 1.29 is 13.2 Å². The van der Waals surface area contributed by atoms with E-state index in [1.54, 1.807) is 6.08 Å². The van der Waals surface area contributed by atoms with Gasteiger partial charge in [0, 0.05) is 5.41 Å². The molecule has 0 amide bonds. The molecule has 0 N–H and O–H groups in total. The molecule has 2 rings (SSSR count). The molecule has 16 heavy (non-hydrogen) atoms. The molecule has 1 saturated carbocycles. The van der Waals surface area contributed by atoms with E-state index in [1.807, 2.05) is 0 Å². The zero-order valence-electron chi connectivity index (χ0n) is 9.93. The minimum absolute atomic E-state index is 0.131. The maximum atomic E-state index is 11.2. The van der Waals surface area contributed by atoms with E-state index >= 15 is 0 Å². The van der Waals surface area contributed by atoms with Crippen LogP contribution in [0.1, 0.15) is 33.1 Å². The van der Waals surface area contributed by atoms with E-state index in [-0.39, 0.29) is 18.0 Å². The van der Waals surface area contributed by atoms with Crippen molar-refractivity contribution >= 4 is 9.84 Å². The molecular weight excluding hydrogens is 224 g/mol. The third kappa shape index (κ3) is 3.08. The summed E-state index contributed by atoms with van der Waals surface area (Å²) in [4.78, 5) is 0. The lowest BCUT2D eigenvalue weighted by atomic mass is 9.82. The van der Waals surface area contributed by atoms with Gasteiger partial charge in [0.15, 0.2) is 9.84 Å². The third-order valence-corrected chi connectivity index (χ3v) is 4.76. The Morgan fingerprint density at radius 2 is 1.75 bits per heavy atom. The van der Waals surface area contributed by atoms with Crippen molar-refractivity contribution in [3.8, 4) is 0 Å². The van der Waals surface area contributed by atoms with Crippen LogP contribution in [0.25, 0.3) is 0 Å². The summed E-state index contributed by atoms with van der Waals surface area (Å²) >= 11 is 0. The minimum atomic E-state index is -2.98. The monoisotopic (exact) mass is 244 g/mol. The van der Waals surface area contributed by atoms with Crippen molar-refractivity contribution in [3.63, 3.8) is 0 Å². The molecule has 3 nitrogen and oxygen atoms in total. The van der Waals surface area contributed by atoms with Gasteiger partial charge in [0.25, 0.3) is 0 Å². The fourth-order valence-corrected chi connectivity index (χ4v) is 4.04. The first-order chi connectivity index (χ1) is 7.44. The van der Waals surface area contributed by atoms with Crippen LogP contribution in [0.3, 0.4) is 0 Å². The molecule has 1 heterocycles. The van der Waals surface area contributed by atoms with Crippen LogP contribution in [0.2, 0.25) is 0 Å². The molecule has 0 spiro atoms. The van der Waals surface area contributed by atoms with Crippen molar-refractivity contribution in [2.45, 2.75) is 45.3 Å². The zero-order chi connectivity index (χ0) is 11.8. The van der Waals surface area contributed by atoms with Crippen LogP contribution in [0.15, 0.2) is 11.5 Å². The standard InChI is InChI=1S/C12H20O3S/c1-9-5-10(2)7-12(6-9)15-11-3-4-16(13,14)8-11/h3-4,9-12H,5-8H2,1-2H3. The van der Waals surface area contributed by atoms with Gasteiger partial charge in [0.2, 0.25) is 0 Å². The van der Waals surface area contributed by atoms with E-state index in [1.165, 1.54) is 11.8 Å². The Balaban J connectivity index is 1.89. The second-order valence-electron chi connectivity index (χ2n) is 5.37. The van der Waals surface area contributed by atoms with Gasteiger partial charge >= 0.3 is 0 Å². The Morgan fingerprint density at radius 1 is 1.12 bits per heavy atom. The zero-order valence-corrected chi connectivity index (χ0v) is 10.7. The highest BCUT2D eigenvalue weighted by molar-refractivity contribution is 7.94. The molecule has 1 fully saturated rings. The summed E-state index contributed by atoms with van der Waals surface area (Å²) < 4.78 is 28.4. The number of sulfone groups is 1. The van der Waals surface area contributed by atoms with Crippen molar-refractivity contribution in [2.75, 3.05) is 5.75 Å². The summed E-state index contributed by atoms with van der Waals surface area (Å²) in [6, 6.07) is 0. The van der Waals surface area contributed by atoms with Crippen molar-refractivity contribution in [2.24, 2.45) is 11.8 Å². The molecule has 3 unspecified atom stereocenters. The van der Waals surface area contributed by atoms with Crippen molar-refractivity contribution in [1.82, 2.24) is 0 Å². The highest BCUT2D eigenvalue weighted by Crippen LogP contribution is 2.31. The Bertz CT molecular complexity index is 362. The molecular formula is C12H20O3S. The summed E-state index contributed by atoms with van der Waals surface area (Å²) in [5, 5.41) is 1.29. The van der Waals surface area contributed by atoms with E-state index in [2.05, 4.69) is 13.8 Å². The maximum Gasteiger partial charge on any atom is 0.174 e. The molecule has 92 valence electrons. The fraction of sp³-hybridized carbons (Fsp3) is 0.833. The van der Waals surface area contributed by atoms with Crippen LogP contribution < -0.4 is 0 Å². The topological polar surface area (TPSA) is 43.4 Å². The summed E-state index contributed by atoms with van der Waals surface area (Å²) in [5.41, 5.74) is 0. The van der Waals surface area contributed by atoms with Crippen LogP contribution in [-0.2, 0) is 14.6 Å². The van der Waals surface area contributed by atoms with E-state index in [0.29, 0.717) is 11.8 Å². The Hall–Kier alpha value is -0.350. The average Bonchev–Trinajstić information content (AvgIpc) is 2.43. The van der Waals surface area contributed by atoms with Crippen LogP contribution in [0.4, 0.5) is 0 Å². The van der Waals surface area contributed by atoms with Crippen LogP contribution >= 0.6 is 0 Å². The van der Waals surface area contributed by atoms with Crippen molar-refractivity contribution in [3.05, 3.63) is 11.5 Å². The molecule has 2 aliphatic rings. The van der Waals surface area contributed by atoms with Gasteiger partial charge in [0.1, 0.15) is 0 Å². The average molecular weight is 244 g/mol. The Kier molecular flexibility index (Phi) is 3.40. The van der Waals surface area contributed by atoms with Gasteiger partial charge in [-0.1, -0.05) is 13.8 Å². The van der Waals surface area contributed by atoms with E-state index < -0.39 is 9.84 Å². The third-order valence-electron chi connectivity index (χ3n) is 3.40. The molecule has 1 aliphatic heterocycles. The first kappa shape index (κ1) is 12.1. The summed E-state index contributed by atoms with van der Waals surface area (Å²) in [7, 11) is -2.98. The van der Waals surface area contributed by atoms with E-state index in [4.69, 9.17) is 4.74 Å². The molecule has 0 aromatic carbocycles. The maximum absolute atomic E-state index is 11.2. The first-order valence-corrected chi connectivity index (χ1v) is 7.72. The van der Waals surface area contributed by atoms with E-state index in [9.17, 15) is 8.42 Å². The molecule has 3 atom stereocenters. The molecule has 0 bridgehead atoms. The number of rotatable bonds is 2. The number of hydrogen-bond donors (Lipinski definition) is 0. The summed E-state index contributed by atoms with van der Waals surface area (Å²) in [5.74, 6) is 1.51. The molecule has 0 aromatic rings. The molecule has 0 aromatic heterocycles. The fourth-order valence-electron chi connectivity index (χ4n) is 2.86. The normalized spacial score (nSPS) is 42.4. The highest BCUT2D eigenvalue weighted by Gasteiger charge is 2.29. The van der Waals surface area contributed by atoms with Gasteiger partial charge in [-0.25, -0.2) is 8.42 Å². The second-order valence-corrected chi connectivity index (χ2v) is 7.30. The van der Waals surface area contributed by atoms with Crippen molar-refractivity contribution in [1.29, 1.82) is 0 Å². The summed E-state index contributed by atoms with van der Waals surface area (Å²) in [6.07, 6.45) is 5.09. The number of hydrogen-bond acceptors (Lipinski definition) is 3. The van der Waals surface area contributed by atoms with Gasteiger partial charge in [-0.05, 0) is 37.2 Å². The first-order valence-electron chi connectivity index (χ1n) is 6.01. The lowest BCUT2D eigenvalue weighted by Crippen LogP contribution is -2.30. The van der Waals surface area contributed by atoms with Crippen LogP contribution in [0, 0.1) is 11.8 Å². The number of ether oxygens (including phenoxy) is 1. The van der Waals surface area contributed by atoms with Crippen LogP contribution in [-0.4, -0.2) is 26.4 Å². The minimum Gasteiger partial charge on any atom is -0.370 e. The van der Waals surface area contributed by atoms with Gasteiger partial charge in [-0.2, -0.15) is 0 Å². The second kappa shape index (κ2) is 4.49. The highest BCUT2D eigenvalue weighted by atomic mass is 32.2. The molecule has 0 radical (unpaired) electrons. The van der Waals surface area contributed by atoms with Gasteiger partial charge in [-0.3, -0.25) is 0 Å². The Labute approximate surface area is 97.8 Å². The predicted molar refractivity (Wildman–Crippen MR) is 63.8 cm³/mol. The summed E-state index contributed by atoms with van der Waals surface area (Å²) in [6.45, 7) is 4.49. The Morgan fingerprint density at radius 3 is 2.25 bits per heavy atom. The molecule has 4 heteroatoms. The smallest absolute Gasteiger partial charge is 0.174 e. The molecule has 0 saturated heterocycles. The molecule has 1 aliphatic carbocycles. The quantitative estimate of drug-likeness (QED) is 0.747. The predicted octanol–water partition coefficient (Wildman–Crippen LogP) is 2.14. The van der Waals surface area contributed by atoms with Gasteiger partial charge in [0.05, 0.1) is 18.0 Å².